The number of amides is 1. The van der Waals surface area contributed by atoms with Crippen molar-refractivity contribution in [3.63, 3.8) is 0 Å². The molecule has 156 valence electrons. The Balaban J connectivity index is 1.60. The Morgan fingerprint density at radius 3 is 2.66 bits per heavy atom. The third-order valence-corrected chi connectivity index (χ3v) is 3.99. The Morgan fingerprint density at radius 1 is 1.17 bits per heavy atom. The molecule has 7 nitrogen and oxygen atoms in total. The van der Waals surface area contributed by atoms with Crippen molar-refractivity contribution in [1.82, 2.24) is 15.3 Å². The van der Waals surface area contributed by atoms with Crippen LogP contribution in [0.4, 0.5) is 4.79 Å². The third-order valence-electron chi connectivity index (χ3n) is 3.99. The lowest BCUT2D eigenvalue weighted by molar-refractivity contribution is 0.0527. The average Bonchev–Trinajstić information content (AvgIpc) is 2.67. The molecule has 0 saturated carbocycles. The van der Waals surface area contributed by atoms with Gasteiger partial charge in [0.1, 0.15) is 11.3 Å². The summed E-state index contributed by atoms with van der Waals surface area (Å²) in [5.74, 6) is 0. The van der Waals surface area contributed by atoms with E-state index in [1.807, 2.05) is 45.0 Å². The van der Waals surface area contributed by atoms with Crippen molar-refractivity contribution in [1.29, 1.82) is 0 Å². The first-order chi connectivity index (χ1) is 13.8. The van der Waals surface area contributed by atoms with Crippen LogP contribution >= 0.6 is 0 Å². The van der Waals surface area contributed by atoms with E-state index in [4.69, 9.17) is 10.5 Å². The molecule has 0 fully saturated rings. The van der Waals surface area contributed by atoms with E-state index in [2.05, 4.69) is 20.3 Å². The van der Waals surface area contributed by atoms with Crippen molar-refractivity contribution in [2.45, 2.75) is 52.1 Å². The minimum Gasteiger partial charge on any atom is -0.444 e. The minimum absolute atomic E-state index is 0.359. The Bertz CT molecular complexity index is 856. The SMILES string of the molecule is CC(C)(C)OC(=O)NCCCCCCN=CC=C(N)c1cnc2ccccc2n1. The van der Waals surface area contributed by atoms with E-state index in [1.165, 1.54) is 0 Å². The van der Waals surface area contributed by atoms with Gasteiger partial charge >= 0.3 is 6.09 Å². The second kappa shape index (κ2) is 11.1. The maximum absolute atomic E-state index is 11.5. The van der Waals surface area contributed by atoms with E-state index >= 15 is 0 Å². The highest BCUT2D eigenvalue weighted by atomic mass is 16.6. The van der Waals surface area contributed by atoms with Gasteiger partial charge in [0.05, 0.1) is 22.9 Å². The molecule has 0 aliphatic rings. The molecule has 0 spiro atoms. The number of nitrogens with one attached hydrogen (secondary N) is 1. The number of carbonyl (C=O) groups excluding carboxylic acids is 1. The van der Waals surface area contributed by atoms with Crippen LogP contribution < -0.4 is 11.1 Å². The topological polar surface area (TPSA) is 102 Å². The first kappa shape index (κ1) is 22.3. The normalized spacial score (nSPS) is 12.4. The summed E-state index contributed by atoms with van der Waals surface area (Å²) in [6.45, 7) is 6.93. The van der Waals surface area contributed by atoms with Crippen LogP contribution in [0.2, 0.25) is 0 Å². The second-order valence-corrected chi connectivity index (χ2v) is 7.76. The molecule has 3 N–H and O–H groups in total. The number of alkyl carbamates (subject to hydrolysis) is 1. The predicted molar refractivity (Wildman–Crippen MR) is 118 cm³/mol. The maximum Gasteiger partial charge on any atom is 0.407 e. The minimum atomic E-state index is -0.458. The fourth-order valence-electron chi connectivity index (χ4n) is 2.58. The van der Waals surface area contributed by atoms with Crippen LogP contribution in [0, 0.1) is 0 Å². The number of hydrogen-bond acceptors (Lipinski definition) is 6. The van der Waals surface area contributed by atoms with Crippen LogP contribution in [0.3, 0.4) is 0 Å². The first-order valence-corrected chi connectivity index (χ1v) is 10.00. The number of aromatic nitrogens is 2. The quantitative estimate of drug-likeness (QED) is 0.490. The van der Waals surface area contributed by atoms with Gasteiger partial charge in [-0.3, -0.25) is 9.98 Å². The molecular weight excluding hydrogens is 366 g/mol. The van der Waals surface area contributed by atoms with Crippen molar-refractivity contribution in [3.8, 4) is 0 Å². The lowest BCUT2D eigenvalue weighted by Gasteiger charge is -2.19. The van der Waals surface area contributed by atoms with Gasteiger partial charge in [-0.05, 0) is 51.8 Å². The zero-order valence-electron chi connectivity index (χ0n) is 17.5. The van der Waals surface area contributed by atoms with E-state index in [9.17, 15) is 4.79 Å². The van der Waals surface area contributed by atoms with Gasteiger partial charge in [-0.25, -0.2) is 9.78 Å². The molecule has 1 aromatic heterocycles. The summed E-state index contributed by atoms with van der Waals surface area (Å²) in [4.78, 5) is 24.7. The number of nitrogens with two attached hydrogens (primary N) is 1. The number of para-hydroxylation sites is 2. The maximum atomic E-state index is 11.5. The largest absolute Gasteiger partial charge is 0.444 e. The molecule has 0 aliphatic heterocycles. The van der Waals surface area contributed by atoms with Gasteiger partial charge in [0.25, 0.3) is 0 Å². The molecular formula is C22H31N5O2. The summed E-state index contributed by atoms with van der Waals surface area (Å²) < 4.78 is 5.19. The number of unbranched alkanes of at least 4 members (excludes halogenated alkanes) is 3. The molecule has 2 aromatic rings. The molecule has 2 rings (SSSR count). The number of rotatable bonds is 9. The van der Waals surface area contributed by atoms with Gasteiger partial charge in [0.2, 0.25) is 0 Å². The molecule has 7 heteroatoms. The number of hydrogen-bond donors (Lipinski definition) is 2. The monoisotopic (exact) mass is 397 g/mol. The number of fused-ring (bicyclic) bond motifs is 1. The summed E-state index contributed by atoms with van der Waals surface area (Å²) in [7, 11) is 0. The van der Waals surface area contributed by atoms with Crippen molar-refractivity contribution in [3.05, 3.63) is 42.2 Å². The predicted octanol–water partition coefficient (Wildman–Crippen LogP) is 4.09. The van der Waals surface area contributed by atoms with Crippen LogP contribution in [0.1, 0.15) is 52.1 Å². The van der Waals surface area contributed by atoms with Gasteiger partial charge in [-0.1, -0.05) is 25.0 Å². The zero-order chi connectivity index (χ0) is 21.1. The third kappa shape index (κ3) is 8.72. The average molecular weight is 398 g/mol. The van der Waals surface area contributed by atoms with Gasteiger partial charge in [-0.15, -0.1) is 0 Å². The van der Waals surface area contributed by atoms with Crippen LogP contribution in [-0.2, 0) is 4.74 Å². The van der Waals surface area contributed by atoms with Crippen LogP contribution in [0.25, 0.3) is 16.7 Å². The molecule has 0 unspecified atom stereocenters. The molecule has 0 aliphatic carbocycles. The standard InChI is InChI=1S/C22H31N5O2/c1-22(2,3)29-21(28)25-14-9-5-4-8-13-24-15-12-17(23)20-16-26-18-10-6-7-11-19(18)27-20/h6-7,10-12,15-16H,4-5,8-9,13-14,23H2,1-3H3,(H,25,28). The van der Waals surface area contributed by atoms with Crippen molar-refractivity contribution in [2.75, 3.05) is 13.1 Å². The second-order valence-electron chi connectivity index (χ2n) is 7.76. The zero-order valence-corrected chi connectivity index (χ0v) is 17.5. The summed E-state index contributed by atoms with van der Waals surface area (Å²) >= 11 is 0. The van der Waals surface area contributed by atoms with E-state index in [-0.39, 0.29) is 6.09 Å². The number of carbonyl (C=O) groups is 1. The lowest BCUT2D eigenvalue weighted by atomic mass is 10.2. The highest BCUT2D eigenvalue weighted by Gasteiger charge is 2.15. The Hall–Kier alpha value is -2.96. The Labute approximate surface area is 172 Å². The Morgan fingerprint density at radius 2 is 1.90 bits per heavy atom. The van der Waals surface area contributed by atoms with E-state index < -0.39 is 5.60 Å². The van der Waals surface area contributed by atoms with Crippen molar-refractivity contribution in [2.24, 2.45) is 10.7 Å². The number of benzene rings is 1. The summed E-state index contributed by atoms with van der Waals surface area (Å²) in [5.41, 5.74) is 8.46. The number of ether oxygens (including phenoxy) is 1. The van der Waals surface area contributed by atoms with Crippen LogP contribution in [0.5, 0.6) is 0 Å². The van der Waals surface area contributed by atoms with Gasteiger partial charge in [0.15, 0.2) is 0 Å². The molecule has 0 saturated heterocycles. The van der Waals surface area contributed by atoms with Gasteiger partial charge in [0, 0.05) is 19.3 Å². The fourth-order valence-corrected chi connectivity index (χ4v) is 2.58. The molecule has 0 bridgehead atoms. The summed E-state index contributed by atoms with van der Waals surface area (Å²) in [5, 5.41) is 2.77. The fraction of sp³-hybridized carbons (Fsp3) is 0.455. The lowest BCUT2D eigenvalue weighted by Crippen LogP contribution is -2.32. The summed E-state index contributed by atoms with van der Waals surface area (Å²) in [6.07, 6.45) is 8.80. The number of nitrogens with zero attached hydrogens (tertiary/aromatic N) is 3. The Kier molecular flexibility index (Phi) is 8.58. The molecule has 29 heavy (non-hydrogen) atoms. The van der Waals surface area contributed by atoms with E-state index in [0.717, 1.165) is 43.3 Å². The van der Waals surface area contributed by atoms with Crippen molar-refractivity contribution < 1.29 is 9.53 Å². The summed E-state index contributed by atoms with van der Waals surface area (Å²) in [6, 6.07) is 7.69. The van der Waals surface area contributed by atoms with Gasteiger partial charge < -0.3 is 15.8 Å². The first-order valence-electron chi connectivity index (χ1n) is 10.00. The smallest absolute Gasteiger partial charge is 0.407 e. The molecule has 1 aromatic carbocycles. The number of allylic oxidation sites excluding steroid dienone is 1. The number of aliphatic imine (C=N–C) groups is 1. The van der Waals surface area contributed by atoms with E-state index in [1.54, 1.807) is 18.5 Å². The highest BCUT2D eigenvalue weighted by molar-refractivity contribution is 5.84. The molecule has 0 radical (unpaired) electrons. The molecule has 1 heterocycles. The van der Waals surface area contributed by atoms with Crippen LogP contribution in [-0.4, -0.2) is 41.0 Å². The van der Waals surface area contributed by atoms with Crippen molar-refractivity contribution >= 4 is 29.0 Å². The van der Waals surface area contributed by atoms with Crippen LogP contribution in [0.15, 0.2) is 41.5 Å². The molecule has 0 atom stereocenters. The van der Waals surface area contributed by atoms with Gasteiger partial charge in [-0.2, -0.15) is 0 Å². The van der Waals surface area contributed by atoms with E-state index in [0.29, 0.717) is 17.9 Å². The molecule has 1 amide bonds. The highest BCUT2D eigenvalue weighted by Crippen LogP contribution is 2.11.